The van der Waals surface area contributed by atoms with E-state index in [2.05, 4.69) is 136 Å². The molecule has 43 heavy (non-hydrogen) atoms. The van der Waals surface area contributed by atoms with Gasteiger partial charge in [0.25, 0.3) is 0 Å². The van der Waals surface area contributed by atoms with E-state index >= 15 is 0 Å². The van der Waals surface area contributed by atoms with Crippen LogP contribution in [0.4, 0.5) is 0 Å². The van der Waals surface area contributed by atoms with E-state index in [1.165, 1.54) is 60.5 Å². The average Bonchev–Trinajstić information content (AvgIpc) is 3.51. The van der Waals surface area contributed by atoms with Crippen molar-refractivity contribution in [1.82, 2.24) is 0 Å². The molecular weight excluding hydrogens is 520 g/mol. The lowest BCUT2D eigenvalue weighted by Crippen LogP contribution is -2.14. The van der Waals surface area contributed by atoms with E-state index in [1.807, 2.05) is 13.0 Å². The Morgan fingerprint density at radius 2 is 1.21 bits per heavy atom. The first-order valence-electron chi connectivity index (χ1n) is 15.0. The van der Waals surface area contributed by atoms with Crippen LogP contribution in [0, 0.1) is 0 Å². The maximum atomic E-state index is 6.31. The second-order valence-electron chi connectivity index (χ2n) is 12.0. The van der Waals surface area contributed by atoms with Crippen LogP contribution in [0.3, 0.4) is 0 Å². The summed E-state index contributed by atoms with van der Waals surface area (Å²) < 4.78 is 6.31. The Labute approximate surface area is 252 Å². The van der Waals surface area contributed by atoms with E-state index in [0.29, 0.717) is 0 Å². The third kappa shape index (κ3) is 3.58. The zero-order valence-electron chi connectivity index (χ0n) is 24.7. The lowest BCUT2D eigenvalue weighted by molar-refractivity contribution is 0.603. The molecule has 0 radical (unpaired) electrons. The summed E-state index contributed by atoms with van der Waals surface area (Å²) >= 11 is 0. The predicted octanol–water partition coefficient (Wildman–Crippen LogP) is 12.1. The van der Waals surface area contributed by atoms with Gasteiger partial charge in [0.1, 0.15) is 11.3 Å². The number of rotatable bonds is 4. The Hall–Kier alpha value is -5.14. The third-order valence-electron chi connectivity index (χ3n) is 9.37. The standard InChI is InChI=1S/C42H32O/c1-5-14-27-28-24-23-26(25-38(28)43-37(27)6-2)39-29-15-7-9-17-31(29)40(32-18-10-8-16-30(32)39)34-20-13-22-36-41(34)33-19-11-12-21-35(33)42(36,3)4/h5-25H,2H2,1,3-4H3/b14-5-. The fourth-order valence-corrected chi connectivity index (χ4v) is 7.47. The monoisotopic (exact) mass is 552 g/mol. The van der Waals surface area contributed by atoms with Crippen LogP contribution in [0.5, 0.6) is 0 Å². The van der Waals surface area contributed by atoms with Crippen LogP contribution in [0.1, 0.15) is 43.2 Å². The topological polar surface area (TPSA) is 13.1 Å². The molecule has 1 aromatic heterocycles. The van der Waals surface area contributed by atoms with Crippen LogP contribution in [-0.2, 0) is 5.41 Å². The van der Waals surface area contributed by atoms with Gasteiger partial charge in [-0.15, -0.1) is 0 Å². The molecule has 0 spiro atoms. The van der Waals surface area contributed by atoms with Gasteiger partial charge in [0, 0.05) is 16.4 Å². The maximum Gasteiger partial charge on any atom is 0.136 e. The molecule has 0 unspecified atom stereocenters. The van der Waals surface area contributed by atoms with Gasteiger partial charge in [0.05, 0.1) is 0 Å². The van der Waals surface area contributed by atoms with Crippen molar-refractivity contribution in [2.24, 2.45) is 0 Å². The zero-order chi connectivity index (χ0) is 29.3. The van der Waals surface area contributed by atoms with Gasteiger partial charge < -0.3 is 4.42 Å². The quantitative estimate of drug-likeness (QED) is 0.198. The fourth-order valence-electron chi connectivity index (χ4n) is 7.47. The SMILES string of the molecule is C=Cc1oc2cc(-c3c4ccccc4c(-c4cccc5c4-c4ccccc4C5(C)C)c4ccccc34)ccc2c1/C=C\C. The molecule has 1 heterocycles. The smallest absolute Gasteiger partial charge is 0.136 e. The van der Waals surface area contributed by atoms with Gasteiger partial charge in [-0.25, -0.2) is 0 Å². The van der Waals surface area contributed by atoms with Crippen LogP contribution in [0.2, 0.25) is 0 Å². The van der Waals surface area contributed by atoms with E-state index in [-0.39, 0.29) is 5.41 Å². The number of furan rings is 1. The molecule has 1 aliphatic rings. The van der Waals surface area contributed by atoms with E-state index in [9.17, 15) is 0 Å². The Bertz CT molecular complexity index is 2230. The zero-order valence-corrected chi connectivity index (χ0v) is 24.7. The normalized spacial score (nSPS) is 13.7. The minimum absolute atomic E-state index is 0.0535. The van der Waals surface area contributed by atoms with Crippen molar-refractivity contribution in [3.8, 4) is 33.4 Å². The second kappa shape index (κ2) is 9.44. The van der Waals surface area contributed by atoms with E-state index < -0.39 is 0 Å². The molecule has 1 heteroatoms. The molecule has 0 bridgehead atoms. The van der Waals surface area contributed by atoms with Gasteiger partial charge in [-0.2, -0.15) is 0 Å². The van der Waals surface area contributed by atoms with Gasteiger partial charge in [-0.3, -0.25) is 0 Å². The summed E-state index contributed by atoms with van der Waals surface area (Å²) in [5.41, 5.74) is 12.3. The minimum atomic E-state index is -0.0535. The average molecular weight is 553 g/mol. The Morgan fingerprint density at radius 1 is 0.605 bits per heavy atom. The van der Waals surface area contributed by atoms with Gasteiger partial charge in [-0.05, 0) is 91.2 Å². The van der Waals surface area contributed by atoms with Crippen LogP contribution in [0.25, 0.3) is 78.0 Å². The van der Waals surface area contributed by atoms with Crippen molar-refractivity contribution in [1.29, 1.82) is 0 Å². The van der Waals surface area contributed by atoms with Crippen LogP contribution >= 0.6 is 0 Å². The van der Waals surface area contributed by atoms with Crippen LogP contribution in [-0.4, -0.2) is 0 Å². The minimum Gasteiger partial charge on any atom is -0.456 e. The van der Waals surface area contributed by atoms with Crippen molar-refractivity contribution >= 4 is 44.7 Å². The van der Waals surface area contributed by atoms with Gasteiger partial charge in [-0.1, -0.05) is 130 Å². The molecule has 0 atom stereocenters. The number of allylic oxidation sites excluding steroid dienone is 1. The number of hydrogen-bond donors (Lipinski definition) is 0. The highest BCUT2D eigenvalue weighted by Crippen LogP contribution is 2.54. The van der Waals surface area contributed by atoms with Crippen molar-refractivity contribution < 1.29 is 4.42 Å². The number of benzene rings is 6. The van der Waals surface area contributed by atoms with Crippen LogP contribution in [0.15, 0.2) is 126 Å². The maximum absolute atomic E-state index is 6.31. The summed E-state index contributed by atoms with van der Waals surface area (Å²) in [4.78, 5) is 0. The Balaban J connectivity index is 1.47. The lowest BCUT2D eigenvalue weighted by atomic mass is 9.80. The molecule has 6 aromatic carbocycles. The second-order valence-corrected chi connectivity index (χ2v) is 12.0. The Kier molecular flexibility index (Phi) is 5.61. The molecule has 7 aromatic rings. The number of fused-ring (bicyclic) bond motifs is 6. The summed E-state index contributed by atoms with van der Waals surface area (Å²) in [6.07, 6.45) is 5.94. The van der Waals surface area contributed by atoms with E-state index in [0.717, 1.165) is 27.9 Å². The first-order chi connectivity index (χ1) is 21.0. The molecule has 206 valence electrons. The summed E-state index contributed by atoms with van der Waals surface area (Å²) in [5, 5.41) is 6.09. The molecule has 0 aliphatic heterocycles. The first-order valence-corrected chi connectivity index (χ1v) is 15.0. The Morgan fingerprint density at radius 3 is 1.88 bits per heavy atom. The number of hydrogen-bond acceptors (Lipinski definition) is 1. The van der Waals surface area contributed by atoms with Gasteiger partial charge in [0.15, 0.2) is 0 Å². The van der Waals surface area contributed by atoms with Crippen LogP contribution < -0.4 is 0 Å². The molecule has 0 saturated carbocycles. The molecule has 0 N–H and O–H groups in total. The molecule has 1 nitrogen and oxygen atoms in total. The highest BCUT2D eigenvalue weighted by atomic mass is 16.3. The molecular formula is C42H32O. The predicted molar refractivity (Wildman–Crippen MR) is 184 cm³/mol. The molecule has 8 rings (SSSR count). The summed E-state index contributed by atoms with van der Waals surface area (Å²) in [7, 11) is 0. The highest BCUT2D eigenvalue weighted by molar-refractivity contribution is 6.23. The summed E-state index contributed by atoms with van der Waals surface area (Å²) in [6.45, 7) is 10.7. The van der Waals surface area contributed by atoms with Crippen molar-refractivity contribution in [2.45, 2.75) is 26.2 Å². The first kappa shape index (κ1) is 25.6. The van der Waals surface area contributed by atoms with E-state index in [4.69, 9.17) is 4.42 Å². The molecule has 0 saturated heterocycles. The molecule has 1 aliphatic carbocycles. The van der Waals surface area contributed by atoms with Crippen molar-refractivity contribution in [3.05, 3.63) is 144 Å². The third-order valence-corrected chi connectivity index (χ3v) is 9.37. The summed E-state index contributed by atoms with van der Waals surface area (Å²) in [6, 6.07) is 40.2. The molecule has 0 amide bonds. The summed E-state index contributed by atoms with van der Waals surface area (Å²) in [5.74, 6) is 0.802. The van der Waals surface area contributed by atoms with E-state index in [1.54, 1.807) is 6.08 Å². The van der Waals surface area contributed by atoms with Crippen molar-refractivity contribution in [3.63, 3.8) is 0 Å². The van der Waals surface area contributed by atoms with Gasteiger partial charge >= 0.3 is 0 Å². The fraction of sp³-hybridized carbons (Fsp3) is 0.0952. The van der Waals surface area contributed by atoms with Crippen molar-refractivity contribution in [2.75, 3.05) is 0 Å². The lowest BCUT2D eigenvalue weighted by Gasteiger charge is -2.22. The van der Waals surface area contributed by atoms with Gasteiger partial charge in [0.2, 0.25) is 0 Å². The largest absolute Gasteiger partial charge is 0.456 e. The highest BCUT2D eigenvalue weighted by Gasteiger charge is 2.37. The molecule has 0 fully saturated rings.